The molecule has 3 rings (SSSR count). The average molecular weight is 384 g/mol. The van der Waals surface area contributed by atoms with Crippen LogP contribution in [-0.4, -0.2) is 15.9 Å². The summed E-state index contributed by atoms with van der Waals surface area (Å²) in [6, 6.07) is 12.4. The van der Waals surface area contributed by atoms with Crippen molar-refractivity contribution in [2.75, 3.05) is 11.2 Å². The number of aromatic nitrogens is 2. The van der Waals surface area contributed by atoms with Crippen molar-refractivity contribution in [2.24, 2.45) is 0 Å². The van der Waals surface area contributed by atoms with Crippen LogP contribution in [0.3, 0.4) is 0 Å². The van der Waals surface area contributed by atoms with Gasteiger partial charge in [-0.05, 0) is 49.7 Å². The normalized spacial score (nSPS) is 10.3. The van der Waals surface area contributed by atoms with Crippen LogP contribution in [-0.2, 0) is 0 Å². The molecule has 0 atom stereocenters. The van der Waals surface area contributed by atoms with Crippen LogP contribution >= 0.6 is 11.6 Å². The first-order valence-corrected chi connectivity index (χ1v) is 8.49. The van der Waals surface area contributed by atoms with Gasteiger partial charge in [0.25, 0.3) is 5.91 Å². The van der Waals surface area contributed by atoms with Crippen molar-refractivity contribution < 1.29 is 9.53 Å². The first-order valence-electron chi connectivity index (χ1n) is 8.11. The molecule has 4 N–H and O–H groups in total. The number of nitrogens with two attached hydrogens (primary N) is 1. The second kappa shape index (κ2) is 7.92. The monoisotopic (exact) mass is 383 g/mol. The van der Waals surface area contributed by atoms with Crippen molar-refractivity contribution >= 4 is 29.0 Å². The molecule has 0 aliphatic carbocycles. The van der Waals surface area contributed by atoms with Crippen molar-refractivity contribution in [1.29, 1.82) is 0 Å². The Bertz CT molecular complexity index is 976. The number of benzene rings is 2. The van der Waals surface area contributed by atoms with Crippen LogP contribution in [0, 0.1) is 13.8 Å². The number of ether oxygens (including phenoxy) is 1. The molecule has 7 nitrogen and oxygen atoms in total. The number of amides is 1. The van der Waals surface area contributed by atoms with E-state index in [2.05, 4.69) is 20.8 Å². The lowest BCUT2D eigenvalue weighted by atomic mass is 10.1. The molecule has 138 valence electrons. The maximum atomic E-state index is 12.2. The lowest BCUT2D eigenvalue weighted by molar-refractivity contribution is 0.0962. The van der Waals surface area contributed by atoms with Crippen LogP contribution in [0.25, 0.3) is 0 Å². The molecule has 0 radical (unpaired) electrons. The van der Waals surface area contributed by atoms with E-state index >= 15 is 0 Å². The van der Waals surface area contributed by atoms with Crippen molar-refractivity contribution in [3.8, 4) is 11.6 Å². The number of nitrogen functional groups attached to an aromatic ring is 1. The van der Waals surface area contributed by atoms with E-state index in [1.807, 2.05) is 26.0 Å². The topological polar surface area (TPSA) is 102 Å². The molecule has 0 unspecified atom stereocenters. The minimum absolute atomic E-state index is 0.161. The first-order chi connectivity index (χ1) is 12.9. The molecule has 2 aromatic carbocycles. The van der Waals surface area contributed by atoms with E-state index in [9.17, 15) is 4.79 Å². The Kier molecular flexibility index (Phi) is 5.42. The maximum absolute atomic E-state index is 12.2. The number of nitrogens with zero attached hydrogens (tertiary/aromatic N) is 2. The van der Waals surface area contributed by atoms with E-state index in [-0.39, 0.29) is 23.3 Å². The van der Waals surface area contributed by atoms with Gasteiger partial charge in [0.05, 0.1) is 0 Å². The molecule has 8 heteroatoms. The Hall–Kier alpha value is -3.32. The van der Waals surface area contributed by atoms with Gasteiger partial charge in [0.1, 0.15) is 17.8 Å². The van der Waals surface area contributed by atoms with Gasteiger partial charge in [-0.2, -0.15) is 4.98 Å². The molecule has 0 saturated carbocycles. The molecule has 1 heterocycles. The number of carbonyl (C=O) groups is 1. The summed E-state index contributed by atoms with van der Waals surface area (Å²) in [4.78, 5) is 20.3. The predicted octanol–water partition coefficient (Wildman–Crippen LogP) is 3.88. The third-order valence-corrected chi connectivity index (χ3v) is 4.22. The third-order valence-electron chi connectivity index (χ3n) is 3.80. The zero-order valence-corrected chi connectivity index (χ0v) is 15.5. The first kappa shape index (κ1) is 18.5. The Morgan fingerprint density at radius 1 is 1.11 bits per heavy atom. The van der Waals surface area contributed by atoms with Gasteiger partial charge in [0, 0.05) is 10.6 Å². The quantitative estimate of drug-likeness (QED) is 0.578. The number of anilines is 2. The largest absolute Gasteiger partial charge is 0.437 e. The standard InChI is InChI=1S/C19H18ClN5O2/c1-11-3-5-13(6-4-11)18(26)25-24-17-16(21)19(23-10-22-17)27-14-7-8-15(20)12(2)9-14/h3-10H,21H2,1-2H3,(H,25,26)(H,22,23,24). The molecule has 0 aliphatic heterocycles. The number of hydrogen-bond donors (Lipinski definition) is 3. The summed E-state index contributed by atoms with van der Waals surface area (Å²) in [6.07, 6.45) is 1.29. The second-order valence-corrected chi connectivity index (χ2v) is 6.31. The molecule has 0 fully saturated rings. The molecule has 0 aliphatic rings. The Morgan fingerprint density at radius 3 is 2.56 bits per heavy atom. The van der Waals surface area contributed by atoms with Gasteiger partial charge >= 0.3 is 0 Å². The zero-order valence-electron chi connectivity index (χ0n) is 14.8. The van der Waals surface area contributed by atoms with Crippen LogP contribution < -0.4 is 21.3 Å². The minimum Gasteiger partial charge on any atom is -0.437 e. The van der Waals surface area contributed by atoms with Gasteiger partial charge in [0.2, 0.25) is 5.88 Å². The molecular formula is C19H18ClN5O2. The highest BCUT2D eigenvalue weighted by atomic mass is 35.5. The van der Waals surface area contributed by atoms with Crippen LogP contribution in [0.2, 0.25) is 5.02 Å². The number of carbonyl (C=O) groups excluding carboxylic acids is 1. The highest BCUT2D eigenvalue weighted by Crippen LogP contribution is 2.30. The molecule has 0 saturated heterocycles. The van der Waals surface area contributed by atoms with E-state index in [0.717, 1.165) is 11.1 Å². The number of halogens is 1. The number of hydrazine groups is 1. The highest BCUT2D eigenvalue weighted by molar-refractivity contribution is 6.31. The summed E-state index contributed by atoms with van der Waals surface area (Å²) >= 11 is 6.01. The smallest absolute Gasteiger partial charge is 0.269 e. The summed E-state index contributed by atoms with van der Waals surface area (Å²) in [6.45, 7) is 3.82. The molecule has 3 aromatic rings. The molecule has 0 spiro atoms. The summed E-state index contributed by atoms with van der Waals surface area (Å²) in [7, 11) is 0. The summed E-state index contributed by atoms with van der Waals surface area (Å²) < 4.78 is 5.70. The van der Waals surface area contributed by atoms with Gasteiger partial charge < -0.3 is 10.5 Å². The van der Waals surface area contributed by atoms with Gasteiger partial charge in [-0.25, -0.2) is 4.98 Å². The molecule has 1 amide bonds. The zero-order chi connectivity index (χ0) is 19.4. The van der Waals surface area contributed by atoms with Gasteiger partial charge in [-0.3, -0.25) is 15.6 Å². The fraction of sp³-hybridized carbons (Fsp3) is 0.105. The van der Waals surface area contributed by atoms with E-state index in [4.69, 9.17) is 22.1 Å². The van der Waals surface area contributed by atoms with Crippen LogP contribution in [0.4, 0.5) is 11.5 Å². The summed E-state index contributed by atoms with van der Waals surface area (Å²) in [5, 5.41) is 0.638. The minimum atomic E-state index is -0.316. The maximum Gasteiger partial charge on any atom is 0.269 e. The molecule has 1 aromatic heterocycles. The van der Waals surface area contributed by atoms with E-state index < -0.39 is 0 Å². The average Bonchev–Trinajstić information content (AvgIpc) is 2.66. The Morgan fingerprint density at radius 2 is 1.85 bits per heavy atom. The predicted molar refractivity (Wildman–Crippen MR) is 105 cm³/mol. The fourth-order valence-electron chi connectivity index (χ4n) is 2.25. The lowest BCUT2D eigenvalue weighted by Gasteiger charge is -2.13. The number of nitrogens with one attached hydrogen (secondary N) is 2. The fourth-order valence-corrected chi connectivity index (χ4v) is 2.36. The molecular weight excluding hydrogens is 366 g/mol. The summed E-state index contributed by atoms with van der Waals surface area (Å²) in [5.41, 5.74) is 13.9. The van der Waals surface area contributed by atoms with Gasteiger partial charge in [-0.15, -0.1) is 0 Å². The lowest BCUT2D eigenvalue weighted by Crippen LogP contribution is -2.30. The van der Waals surface area contributed by atoms with Crippen LogP contribution in [0.1, 0.15) is 21.5 Å². The van der Waals surface area contributed by atoms with E-state index in [0.29, 0.717) is 16.3 Å². The SMILES string of the molecule is Cc1ccc(C(=O)NNc2ncnc(Oc3ccc(Cl)c(C)c3)c2N)cc1. The van der Waals surface area contributed by atoms with Crippen LogP contribution in [0.15, 0.2) is 48.8 Å². The summed E-state index contributed by atoms with van der Waals surface area (Å²) in [5.74, 6) is 0.616. The van der Waals surface area contributed by atoms with Crippen molar-refractivity contribution in [2.45, 2.75) is 13.8 Å². The Balaban J connectivity index is 1.71. The molecule has 27 heavy (non-hydrogen) atoms. The van der Waals surface area contributed by atoms with Crippen molar-refractivity contribution in [1.82, 2.24) is 15.4 Å². The van der Waals surface area contributed by atoms with Crippen molar-refractivity contribution in [3.63, 3.8) is 0 Å². The number of hydrogen-bond acceptors (Lipinski definition) is 6. The highest BCUT2D eigenvalue weighted by Gasteiger charge is 2.12. The van der Waals surface area contributed by atoms with Gasteiger partial charge in [0.15, 0.2) is 5.82 Å². The third kappa shape index (κ3) is 4.45. The number of aryl methyl sites for hydroxylation is 2. The van der Waals surface area contributed by atoms with Crippen LogP contribution in [0.5, 0.6) is 11.6 Å². The van der Waals surface area contributed by atoms with E-state index in [1.165, 1.54) is 6.33 Å². The molecule has 0 bridgehead atoms. The van der Waals surface area contributed by atoms with Gasteiger partial charge in [-0.1, -0.05) is 29.3 Å². The number of rotatable bonds is 5. The van der Waals surface area contributed by atoms with E-state index in [1.54, 1.807) is 30.3 Å². The van der Waals surface area contributed by atoms with Crippen molar-refractivity contribution in [3.05, 3.63) is 70.5 Å². The Labute approximate surface area is 161 Å². The second-order valence-electron chi connectivity index (χ2n) is 5.90.